The number of hydrogen-bond acceptors (Lipinski definition) is 2. The maximum absolute atomic E-state index is 10.5. The van der Waals surface area contributed by atoms with E-state index in [2.05, 4.69) is 43.3 Å². The molecule has 94 valence electrons. The predicted octanol–water partition coefficient (Wildman–Crippen LogP) is 2.42. The van der Waals surface area contributed by atoms with Gasteiger partial charge in [-0.25, -0.2) is 4.68 Å². The Bertz CT molecular complexity index is 549. The van der Waals surface area contributed by atoms with Crippen molar-refractivity contribution in [3.05, 3.63) is 46.6 Å². The second kappa shape index (κ2) is 5.04. The average Bonchev–Trinajstić information content (AvgIpc) is 2.71. The predicted molar refractivity (Wildman–Crippen MR) is 71.7 cm³/mol. The maximum atomic E-state index is 10.5. The zero-order chi connectivity index (χ0) is 13.1. The van der Waals surface area contributed by atoms with Crippen molar-refractivity contribution in [3.8, 4) is 0 Å². The molecule has 1 N–H and O–H groups in total. The summed E-state index contributed by atoms with van der Waals surface area (Å²) in [5, 5.41) is 6.88. The summed E-state index contributed by atoms with van der Waals surface area (Å²) in [6.45, 7) is 6.97. The second-order valence-electron chi connectivity index (χ2n) is 4.51. The first-order chi connectivity index (χ1) is 8.61. The zero-order valence-electron chi connectivity index (χ0n) is 10.9. The van der Waals surface area contributed by atoms with Gasteiger partial charge in [-0.3, -0.25) is 4.79 Å². The number of nitrogens with one attached hydrogen (secondary N) is 1. The van der Waals surface area contributed by atoms with Crippen molar-refractivity contribution in [2.45, 2.75) is 27.3 Å². The molecule has 0 atom stereocenters. The average molecular weight is 243 g/mol. The Morgan fingerprint density at radius 3 is 2.56 bits per heavy atom. The molecule has 0 spiro atoms. The van der Waals surface area contributed by atoms with Gasteiger partial charge in [0.25, 0.3) is 0 Å². The molecule has 0 saturated carbocycles. The van der Waals surface area contributed by atoms with Gasteiger partial charge in [0.15, 0.2) is 0 Å². The number of carbonyl (C=O) groups excluding carboxylic acids is 1. The van der Waals surface area contributed by atoms with E-state index < -0.39 is 0 Å². The Balaban J connectivity index is 2.34. The van der Waals surface area contributed by atoms with Crippen LogP contribution in [0.5, 0.6) is 0 Å². The van der Waals surface area contributed by atoms with E-state index in [9.17, 15) is 4.79 Å². The summed E-state index contributed by atoms with van der Waals surface area (Å²) in [5.74, 6) is 0.712. The highest BCUT2D eigenvalue weighted by molar-refractivity contribution is 5.68. The Morgan fingerprint density at radius 1 is 1.28 bits per heavy atom. The quantitative estimate of drug-likeness (QED) is 0.838. The Morgan fingerprint density at radius 2 is 1.94 bits per heavy atom. The van der Waals surface area contributed by atoms with Crippen molar-refractivity contribution in [1.29, 1.82) is 0 Å². The lowest BCUT2D eigenvalue weighted by Crippen LogP contribution is -2.09. The van der Waals surface area contributed by atoms with Crippen LogP contribution in [0.25, 0.3) is 0 Å². The molecule has 0 radical (unpaired) electrons. The van der Waals surface area contributed by atoms with Crippen molar-refractivity contribution >= 4 is 12.2 Å². The number of aryl methyl sites for hydroxylation is 3. The fourth-order valence-corrected chi connectivity index (χ4v) is 2.25. The van der Waals surface area contributed by atoms with E-state index in [1.165, 1.54) is 22.3 Å². The summed E-state index contributed by atoms with van der Waals surface area (Å²) in [6.07, 6.45) is 2.35. The van der Waals surface area contributed by atoms with Crippen LogP contribution in [0.1, 0.15) is 22.3 Å². The first-order valence-corrected chi connectivity index (χ1v) is 5.90. The summed E-state index contributed by atoms with van der Waals surface area (Å²) in [4.78, 5) is 10.5. The van der Waals surface area contributed by atoms with E-state index in [-0.39, 0.29) is 0 Å². The summed E-state index contributed by atoms with van der Waals surface area (Å²) < 4.78 is 1.79. The largest absolute Gasteiger partial charge is 0.314 e. The minimum absolute atomic E-state index is 0.668. The standard InChI is InChI=1S/C14H17N3O/c1-10-6-11(2)13(12(3)7-10)8-17-14(15-9-18)4-5-16-17/h4-7,9H,8H2,1-3H3,(H,15,18). The zero-order valence-corrected chi connectivity index (χ0v) is 10.9. The topological polar surface area (TPSA) is 46.9 Å². The normalized spacial score (nSPS) is 10.4. The van der Waals surface area contributed by atoms with E-state index in [0.29, 0.717) is 18.8 Å². The van der Waals surface area contributed by atoms with Gasteiger partial charge in [0.1, 0.15) is 5.82 Å². The molecule has 1 amide bonds. The van der Waals surface area contributed by atoms with Gasteiger partial charge >= 0.3 is 0 Å². The highest BCUT2D eigenvalue weighted by Crippen LogP contribution is 2.19. The molecule has 0 aliphatic carbocycles. The van der Waals surface area contributed by atoms with Gasteiger partial charge in [0.05, 0.1) is 12.7 Å². The molecule has 0 aliphatic heterocycles. The lowest BCUT2D eigenvalue weighted by molar-refractivity contribution is -0.105. The van der Waals surface area contributed by atoms with Crippen molar-refractivity contribution in [2.24, 2.45) is 0 Å². The lowest BCUT2D eigenvalue weighted by atomic mass is 10.00. The molecule has 0 unspecified atom stereocenters. The minimum Gasteiger partial charge on any atom is -0.314 e. The van der Waals surface area contributed by atoms with E-state index in [1.54, 1.807) is 16.9 Å². The summed E-state index contributed by atoms with van der Waals surface area (Å²) in [6, 6.07) is 6.12. The van der Waals surface area contributed by atoms with Gasteiger partial charge < -0.3 is 5.32 Å². The smallest absolute Gasteiger partial charge is 0.212 e. The molecule has 2 aromatic rings. The van der Waals surface area contributed by atoms with Crippen molar-refractivity contribution in [1.82, 2.24) is 9.78 Å². The van der Waals surface area contributed by atoms with Crippen LogP contribution in [0.2, 0.25) is 0 Å². The molecule has 1 aromatic heterocycles. The van der Waals surface area contributed by atoms with Gasteiger partial charge in [-0.2, -0.15) is 5.10 Å². The fraction of sp³-hybridized carbons (Fsp3) is 0.286. The number of nitrogens with zero attached hydrogens (tertiary/aromatic N) is 2. The first kappa shape index (κ1) is 12.4. The molecule has 0 saturated heterocycles. The summed E-state index contributed by atoms with van der Waals surface area (Å²) in [5.41, 5.74) is 5.01. The number of anilines is 1. The number of amides is 1. The van der Waals surface area contributed by atoms with Crippen LogP contribution < -0.4 is 5.32 Å². The Kier molecular flexibility index (Phi) is 3.46. The molecular weight excluding hydrogens is 226 g/mol. The number of hydrogen-bond donors (Lipinski definition) is 1. The van der Waals surface area contributed by atoms with Crippen LogP contribution in [0.4, 0.5) is 5.82 Å². The molecule has 4 heteroatoms. The Hall–Kier alpha value is -2.10. The van der Waals surface area contributed by atoms with Crippen molar-refractivity contribution in [2.75, 3.05) is 5.32 Å². The van der Waals surface area contributed by atoms with Crippen molar-refractivity contribution in [3.63, 3.8) is 0 Å². The van der Waals surface area contributed by atoms with Crippen molar-refractivity contribution < 1.29 is 4.79 Å². The third kappa shape index (κ3) is 2.42. The molecular formula is C14H17N3O. The molecule has 1 heterocycles. The van der Waals surface area contributed by atoms with E-state index in [0.717, 1.165) is 0 Å². The van der Waals surface area contributed by atoms with Crippen LogP contribution in [0, 0.1) is 20.8 Å². The molecule has 0 fully saturated rings. The van der Waals surface area contributed by atoms with Gasteiger partial charge in [-0.15, -0.1) is 0 Å². The summed E-state index contributed by atoms with van der Waals surface area (Å²) in [7, 11) is 0. The van der Waals surface area contributed by atoms with Gasteiger partial charge in [-0.05, 0) is 37.5 Å². The van der Waals surface area contributed by atoms with Gasteiger partial charge in [0.2, 0.25) is 6.41 Å². The van der Waals surface area contributed by atoms with Crippen LogP contribution >= 0.6 is 0 Å². The maximum Gasteiger partial charge on any atom is 0.212 e. The SMILES string of the molecule is Cc1cc(C)c(Cn2nccc2NC=O)c(C)c1. The minimum atomic E-state index is 0.668. The molecule has 18 heavy (non-hydrogen) atoms. The molecule has 0 bridgehead atoms. The highest BCUT2D eigenvalue weighted by Gasteiger charge is 2.07. The Labute approximate surface area is 107 Å². The van der Waals surface area contributed by atoms with Crippen LogP contribution in [-0.4, -0.2) is 16.2 Å². The van der Waals surface area contributed by atoms with Gasteiger partial charge in [0, 0.05) is 6.07 Å². The third-order valence-electron chi connectivity index (χ3n) is 3.07. The first-order valence-electron chi connectivity index (χ1n) is 5.90. The molecule has 4 nitrogen and oxygen atoms in total. The molecule has 0 aliphatic rings. The lowest BCUT2D eigenvalue weighted by Gasteiger charge is -2.13. The van der Waals surface area contributed by atoms with Crippen LogP contribution in [0.3, 0.4) is 0 Å². The third-order valence-corrected chi connectivity index (χ3v) is 3.07. The number of rotatable bonds is 4. The van der Waals surface area contributed by atoms with Crippen LogP contribution in [0.15, 0.2) is 24.4 Å². The van der Waals surface area contributed by atoms with E-state index in [4.69, 9.17) is 0 Å². The van der Waals surface area contributed by atoms with E-state index in [1.807, 2.05) is 0 Å². The monoisotopic (exact) mass is 243 g/mol. The van der Waals surface area contributed by atoms with Crippen LogP contribution in [-0.2, 0) is 11.3 Å². The molecule has 1 aromatic carbocycles. The summed E-state index contributed by atoms with van der Waals surface area (Å²) >= 11 is 0. The number of benzene rings is 1. The van der Waals surface area contributed by atoms with Gasteiger partial charge in [-0.1, -0.05) is 17.7 Å². The fourth-order valence-electron chi connectivity index (χ4n) is 2.25. The number of carbonyl (C=O) groups is 1. The van der Waals surface area contributed by atoms with E-state index >= 15 is 0 Å². The number of aromatic nitrogens is 2. The second-order valence-corrected chi connectivity index (χ2v) is 4.51. The molecule has 2 rings (SSSR count). The highest BCUT2D eigenvalue weighted by atomic mass is 16.1.